The highest BCUT2D eigenvalue weighted by Crippen LogP contribution is 2.45. The summed E-state index contributed by atoms with van der Waals surface area (Å²) >= 11 is 0. The monoisotopic (exact) mass is 354 g/mol. The molecule has 3 heteroatoms. The first-order chi connectivity index (χ1) is 13.0. The van der Waals surface area contributed by atoms with Crippen molar-refractivity contribution in [3.05, 3.63) is 83.4 Å². The van der Waals surface area contributed by atoms with Crippen LogP contribution in [0.2, 0.25) is 0 Å². The van der Waals surface area contributed by atoms with Crippen molar-refractivity contribution in [3.8, 4) is 11.1 Å². The predicted molar refractivity (Wildman–Crippen MR) is 114 cm³/mol. The van der Waals surface area contributed by atoms with Crippen molar-refractivity contribution in [2.75, 3.05) is 24.3 Å². The molecule has 0 heterocycles. The van der Waals surface area contributed by atoms with Crippen molar-refractivity contribution in [3.63, 3.8) is 0 Å². The summed E-state index contributed by atoms with van der Waals surface area (Å²) in [5.74, 6) is -0.0599. The van der Waals surface area contributed by atoms with E-state index in [2.05, 4.69) is 77.0 Å². The number of amides is 1. The Morgan fingerprint density at radius 3 is 2.19 bits per heavy atom. The fraction of sp³-hybridized carbons (Fsp3) is 0.125. The SMILES string of the molecule is CC(=O)Nc1ccc2c(c1)/C(=C/c1ccc(N(C)C)cc1)c1ccccc1-2. The van der Waals surface area contributed by atoms with Crippen LogP contribution in [0.15, 0.2) is 66.7 Å². The molecule has 27 heavy (non-hydrogen) atoms. The Kier molecular flexibility index (Phi) is 4.28. The van der Waals surface area contributed by atoms with Gasteiger partial charge in [-0.25, -0.2) is 0 Å². The third-order valence-corrected chi connectivity index (χ3v) is 4.86. The molecule has 0 saturated heterocycles. The van der Waals surface area contributed by atoms with Crippen LogP contribution in [0.1, 0.15) is 23.6 Å². The number of rotatable bonds is 3. The Morgan fingerprint density at radius 2 is 1.52 bits per heavy atom. The number of nitrogens with zero attached hydrogens (tertiary/aromatic N) is 1. The fourth-order valence-electron chi connectivity index (χ4n) is 3.57. The van der Waals surface area contributed by atoms with E-state index in [1.165, 1.54) is 34.9 Å². The van der Waals surface area contributed by atoms with E-state index in [0.717, 1.165) is 16.8 Å². The van der Waals surface area contributed by atoms with Crippen LogP contribution in [-0.2, 0) is 4.79 Å². The smallest absolute Gasteiger partial charge is 0.221 e. The molecule has 1 amide bonds. The number of anilines is 2. The van der Waals surface area contributed by atoms with Gasteiger partial charge >= 0.3 is 0 Å². The van der Waals surface area contributed by atoms with Crippen LogP contribution in [0.5, 0.6) is 0 Å². The van der Waals surface area contributed by atoms with E-state index < -0.39 is 0 Å². The van der Waals surface area contributed by atoms with Crippen LogP contribution in [-0.4, -0.2) is 20.0 Å². The molecule has 1 aliphatic rings. The molecule has 3 aromatic rings. The van der Waals surface area contributed by atoms with E-state index in [-0.39, 0.29) is 5.91 Å². The minimum Gasteiger partial charge on any atom is -0.378 e. The highest BCUT2D eigenvalue weighted by Gasteiger charge is 2.23. The third-order valence-electron chi connectivity index (χ3n) is 4.86. The molecule has 1 N–H and O–H groups in total. The number of fused-ring (bicyclic) bond motifs is 3. The van der Waals surface area contributed by atoms with Gasteiger partial charge in [-0.05, 0) is 63.7 Å². The van der Waals surface area contributed by atoms with Gasteiger partial charge in [-0.1, -0.05) is 42.5 Å². The summed E-state index contributed by atoms with van der Waals surface area (Å²) in [7, 11) is 4.08. The quantitative estimate of drug-likeness (QED) is 0.543. The van der Waals surface area contributed by atoms with E-state index in [4.69, 9.17) is 0 Å². The Morgan fingerprint density at radius 1 is 0.852 bits per heavy atom. The topological polar surface area (TPSA) is 32.3 Å². The number of benzene rings is 3. The lowest BCUT2D eigenvalue weighted by Gasteiger charge is -2.12. The Hall–Kier alpha value is -3.33. The van der Waals surface area contributed by atoms with E-state index >= 15 is 0 Å². The maximum absolute atomic E-state index is 11.5. The third kappa shape index (κ3) is 3.24. The lowest BCUT2D eigenvalue weighted by Crippen LogP contribution is -2.07. The van der Waals surface area contributed by atoms with Crippen LogP contribution in [0.4, 0.5) is 11.4 Å². The number of carbonyl (C=O) groups is 1. The summed E-state index contributed by atoms with van der Waals surface area (Å²) in [5, 5.41) is 2.89. The largest absolute Gasteiger partial charge is 0.378 e. The van der Waals surface area contributed by atoms with Crippen molar-refractivity contribution in [1.29, 1.82) is 0 Å². The van der Waals surface area contributed by atoms with Gasteiger partial charge in [0.15, 0.2) is 0 Å². The summed E-state index contributed by atoms with van der Waals surface area (Å²) < 4.78 is 0. The van der Waals surface area contributed by atoms with Crippen LogP contribution in [0, 0.1) is 0 Å². The summed E-state index contributed by atoms with van der Waals surface area (Å²) in [6.07, 6.45) is 2.22. The molecule has 1 aliphatic carbocycles. The lowest BCUT2D eigenvalue weighted by atomic mass is 10.0. The summed E-state index contributed by atoms with van der Waals surface area (Å²) in [6, 6.07) is 23.1. The molecule has 3 aromatic carbocycles. The van der Waals surface area contributed by atoms with Crippen molar-refractivity contribution in [1.82, 2.24) is 0 Å². The highest BCUT2D eigenvalue weighted by atomic mass is 16.1. The molecule has 0 atom stereocenters. The van der Waals surface area contributed by atoms with Crippen molar-refractivity contribution in [2.45, 2.75) is 6.92 Å². The maximum Gasteiger partial charge on any atom is 0.221 e. The summed E-state index contributed by atoms with van der Waals surface area (Å²) in [6.45, 7) is 1.53. The second kappa shape index (κ2) is 6.76. The van der Waals surface area contributed by atoms with E-state index in [9.17, 15) is 4.79 Å². The molecule has 0 fully saturated rings. The lowest BCUT2D eigenvalue weighted by molar-refractivity contribution is -0.114. The predicted octanol–water partition coefficient (Wildman–Crippen LogP) is 5.28. The average molecular weight is 354 g/mol. The van der Waals surface area contributed by atoms with Gasteiger partial charge in [0, 0.05) is 32.4 Å². The maximum atomic E-state index is 11.5. The van der Waals surface area contributed by atoms with Crippen LogP contribution in [0.3, 0.4) is 0 Å². The van der Waals surface area contributed by atoms with Gasteiger partial charge in [-0.3, -0.25) is 4.79 Å². The van der Waals surface area contributed by atoms with E-state index in [0.29, 0.717) is 0 Å². The first-order valence-electron chi connectivity index (χ1n) is 9.04. The van der Waals surface area contributed by atoms with Gasteiger partial charge < -0.3 is 10.2 Å². The van der Waals surface area contributed by atoms with E-state index in [1.54, 1.807) is 0 Å². The van der Waals surface area contributed by atoms with Crippen LogP contribution >= 0.6 is 0 Å². The fourth-order valence-corrected chi connectivity index (χ4v) is 3.57. The second-order valence-corrected chi connectivity index (χ2v) is 7.03. The molecule has 0 aromatic heterocycles. The Bertz CT molecular complexity index is 1050. The minimum absolute atomic E-state index is 0.0599. The van der Waals surface area contributed by atoms with Gasteiger partial charge in [0.1, 0.15) is 0 Å². The van der Waals surface area contributed by atoms with Crippen molar-refractivity contribution in [2.24, 2.45) is 0 Å². The van der Waals surface area contributed by atoms with Crippen LogP contribution in [0.25, 0.3) is 22.8 Å². The van der Waals surface area contributed by atoms with Gasteiger partial charge in [-0.15, -0.1) is 0 Å². The minimum atomic E-state index is -0.0599. The molecule has 0 bridgehead atoms. The van der Waals surface area contributed by atoms with Gasteiger partial charge in [0.05, 0.1) is 0 Å². The Balaban J connectivity index is 1.83. The zero-order valence-electron chi connectivity index (χ0n) is 15.8. The molecule has 4 rings (SSSR count). The average Bonchev–Trinajstić information content (AvgIpc) is 2.95. The molecule has 0 radical (unpaired) electrons. The number of nitrogens with one attached hydrogen (secondary N) is 1. The van der Waals surface area contributed by atoms with Crippen molar-refractivity contribution >= 4 is 28.9 Å². The molecular formula is C24H22N2O. The second-order valence-electron chi connectivity index (χ2n) is 7.03. The van der Waals surface area contributed by atoms with Crippen LogP contribution < -0.4 is 10.2 Å². The zero-order chi connectivity index (χ0) is 19.0. The summed E-state index contributed by atoms with van der Waals surface area (Å²) in [5.41, 5.74) is 9.16. The normalized spacial score (nSPS) is 13.2. The van der Waals surface area contributed by atoms with Gasteiger partial charge in [-0.2, -0.15) is 0 Å². The number of hydrogen-bond donors (Lipinski definition) is 1. The number of carbonyl (C=O) groups excluding carboxylic acids is 1. The molecule has 0 unspecified atom stereocenters. The molecule has 0 spiro atoms. The summed E-state index contributed by atoms with van der Waals surface area (Å²) in [4.78, 5) is 13.6. The Labute approximate surface area is 160 Å². The van der Waals surface area contributed by atoms with E-state index in [1.807, 2.05) is 20.2 Å². The molecule has 0 aliphatic heterocycles. The highest BCUT2D eigenvalue weighted by molar-refractivity contribution is 6.07. The first-order valence-corrected chi connectivity index (χ1v) is 9.04. The van der Waals surface area contributed by atoms with Crippen molar-refractivity contribution < 1.29 is 4.79 Å². The molecule has 0 saturated carbocycles. The van der Waals surface area contributed by atoms with Gasteiger partial charge in [0.25, 0.3) is 0 Å². The molecular weight excluding hydrogens is 332 g/mol. The van der Waals surface area contributed by atoms with Gasteiger partial charge in [0.2, 0.25) is 5.91 Å². The zero-order valence-corrected chi connectivity index (χ0v) is 15.8. The standard InChI is InChI=1S/C24H22N2O/c1-16(27)25-18-10-13-22-20-6-4-5-7-21(20)23(24(22)15-18)14-17-8-11-19(12-9-17)26(2)3/h4-15H,1-3H3,(H,25,27)/b23-14+. The first kappa shape index (κ1) is 17.1. The molecule has 134 valence electrons. The molecule has 3 nitrogen and oxygen atoms in total. The number of hydrogen-bond acceptors (Lipinski definition) is 2.